The summed E-state index contributed by atoms with van der Waals surface area (Å²) in [5.74, 6) is -1.16. The van der Waals surface area contributed by atoms with Gasteiger partial charge in [-0.2, -0.15) is 5.10 Å². The monoisotopic (exact) mass is 373 g/mol. The molecule has 1 unspecified atom stereocenters. The van der Waals surface area contributed by atoms with E-state index in [-0.39, 0.29) is 30.2 Å². The lowest BCUT2D eigenvalue weighted by Crippen LogP contribution is -2.30. The topological polar surface area (TPSA) is 78.0 Å². The van der Waals surface area contributed by atoms with Crippen molar-refractivity contribution in [3.63, 3.8) is 0 Å². The van der Waals surface area contributed by atoms with Crippen LogP contribution in [0.5, 0.6) is 0 Å². The summed E-state index contributed by atoms with van der Waals surface area (Å²) in [6, 6.07) is 13.3. The number of carbonyl (C=O) groups excluding carboxylic acids is 1. The number of benzene rings is 2. The molecule has 0 aliphatic heterocycles. The van der Waals surface area contributed by atoms with Gasteiger partial charge >= 0.3 is 0 Å². The summed E-state index contributed by atoms with van der Waals surface area (Å²) in [6.45, 7) is 0.0593. The summed E-state index contributed by atoms with van der Waals surface area (Å²) < 4.78 is 14.0. The van der Waals surface area contributed by atoms with Crippen LogP contribution in [0.4, 0.5) is 4.39 Å². The molecule has 1 amide bonds. The van der Waals surface area contributed by atoms with Gasteiger partial charge in [-0.3, -0.25) is 9.89 Å². The van der Waals surface area contributed by atoms with E-state index in [1.54, 1.807) is 36.4 Å². The number of rotatable bonds is 6. The minimum atomic E-state index is -0.446. The molecule has 3 N–H and O–H groups in total. The molecule has 5 nitrogen and oxygen atoms in total. The van der Waals surface area contributed by atoms with Gasteiger partial charge in [0.1, 0.15) is 5.82 Å². The summed E-state index contributed by atoms with van der Waals surface area (Å²) in [5.41, 5.74) is 1.63. The first-order chi connectivity index (χ1) is 12.6. The van der Waals surface area contributed by atoms with Gasteiger partial charge in [0.05, 0.1) is 24.1 Å². The Labute approximate surface area is 154 Å². The van der Waals surface area contributed by atoms with Crippen molar-refractivity contribution in [2.45, 2.75) is 5.92 Å². The van der Waals surface area contributed by atoms with Crippen molar-refractivity contribution < 1.29 is 14.3 Å². The van der Waals surface area contributed by atoms with Crippen LogP contribution in [0, 0.1) is 5.82 Å². The molecular weight excluding hydrogens is 357 g/mol. The molecule has 0 saturated carbocycles. The Hall–Kier alpha value is -2.70. The van der Waals surface area contributed by atoms with Crippen LogP contribution < -0.4 is 5.32 Å². The average molecular weight is 374 g/mol. The normalized spacial score (nSPS) is 12.0. The maximum atomic E-state index is 14.0. The van der Waals surface area contributed by atoms with Crippen LogP contribution in [0.15, 0.2) is 54.7 Å². The number of carbonyl (C=O) groups is 1. The number of aromatic amines is 1. The van der Waals surface area contributed by atoms with Crippen LogP contribution in [-0.2, 0) is 0 Å². The van der Waals surface area contributed by atoms with Crippen LogP contribution in [0.1, 0.15) is 21.8 Å². The van der Waals surface area contributed by atoms with Crippen molar-refractivity contribution >= 4 is 17.5 Å². The minimum Gasteiger partial charge on any atom is -0.396 e. The Kier molecular flexibility index (Phi) is 5.65. The van der Waals surface area contributed by atoms with Crippen molar-refractivity contribution in [1.82, 2.24) is 15.5 Å². The maximum Gasteiger partial charge on any atom is 0.255 e. The van der Waals surface area contributed by atoms with E-state index in [4.69, 9.17) is 11.6 Å². The van der Waals surface area contributed by atoms with Gasteiger partial charge in [0, 0.05) is 23.0 Å². The van der Waals surface area contributed by atoms with Gasteiger partial charge in [-0.1, -0.05) is 35.9 Å². The maximum absolute atomic E-state index is 14.0. The molecule has 26 heavy (non-hydrogen) atoms. The van der Waals surface area contributed by atoms with E-state index in [0.29, 0.717) is 10.7 Å². The number of H-pyrrole nitrogens is 1. The van der Waals surface area contributed by atoms with E-state index in [0.717, 1.165) is 5.56 Å². The summed E-state index contributed by atoms with van der Waals surface area (Å²) in [6.07, 6.45) is 1.35. The van der Waals surface area contributed by atoms with Gasteiger partial charge in [0.2, 0.25) is 0 Å². The molecule has 7 heteroatoms. The Morgan fingerprint density at radius 2 is 2.08 bits per heavy atom. The molecule has 134 valence electrons. The molecule has 1 atom stereocenters. The molecular formula is C19H17ClFN3O2. The van der Waals surface area contributed by atoms with E-state index < -0.39 is 11.7 Å². The number of hydrogen-bond acceptors (Lipinski definition) is 3. The molecule has 0 bridgehead atoms. The van der Waals surface area contributed by atoms with Crippen LogP contribution >= 0.6 is 11.6 Å². The predicted octanol–water partition coefficient (Wildman–Crippen LogP) is 3.38. The molecule has 1 aromatic heterocycles. The number of nitrogens with zero attached hydrogens (tertiary/aromatic N) is 1. The molecule has 0 radical (unpaired) electrons. The third-order valence-electron chi connectivity index (χ3n) is 4.08. The van der Waals surface area contributed by atoms with Gasteiger partial charge < -0.3 is 10.4 Å². The minimum absolute atomic E-state index is 0.147. The van der Waals surface area contributed by atoms with Crippen molar-refractivity contribution in [2.24, 2.45) is 0 Å². The van der Waals surface area contributed by atoms with E-state index in [1.165, 1.54) is 12.3 Å². The second kappa shape index (κ2) is 8.12. The second-order valence-electron chi connectivity index (χ2n) is 5.78. The highest BCUT2D eigenvalue weighted by molar-refractivity contribution is 6.30. The highest BCUT2D eigenvalue weighted by atomic mass is 35.5. The molecule has 0 fully saturated rings. The van der Waals surface area contributed by atoms with Crippen molar-refractivity contribution in [2.75, 3.05) is 13.2 Å². The zero-order valence-corrected chi connectivity index (χ0v) is 14.5. The van der Waals surface area contributed by atoms with Crippen molar-refractivity contribution in [3.05, 3.63) is 76.7 Å². The lowest BCUT2D eigenvalue weighted by molar-refractivity contribution is 0.0948. The van der Waals surface area contributed by atoms with Crippen molar-refractivity contribution in [3.8, 4) is 11.3 Å². The van der Waals surface area contributed by atoms with Crippen LogP contribution in [-0.4, -0.2) is 34.4 Å². The SMILES string of the molecule is O=C(NCC(CO)c1cccc(Cl)c1)c1cn[nH]c1-c1ccccc1F. The number of hydrogen-bond donors (Lipinski definition) is 3. The molecule has 2 aromatic carbocycles. The highest BCUT2D eigenvalue weighted by Crippen LogP contribution is 2.24. The fourth-order valence-electron chi connectivity index (χ4n) is 2.69. The van der Waals surface area contributed by atoms with Gasteiger partial charge in [-0.05, 0) is 29.8 Å². The van der Waals surface area contributed by atoms with E-state index in [2.05, 4.69) is 15.5 Å². The van der Waals surface area contributed by atoms with Crippen molar-refractivity contribution in [1.29, 1.82) is 0 Å². The molecule has 0 saturated heterocycles. The van der Waals surface area contributed by atoms with E-state index in [9.17, 15) is 14.3 Å². The standard InChI is InChI=1S/C19H17ClFN3O2/c20-14-5-3-4-12(8-14)13(11-25)9-22-19(26)16-10-23-24-18(16)15-6-1-2-7-17(15)21/h1-8,10,13,25H,9,11H2,(H,22,26)(H,23,24). The molecule has 1 heterocycles. The van der Waals surface area contributed by atoms with Crippen LogP contribution in [0.3, 0.4) is 0 Å². The second-order valence-corrected chi connectivity index (χ2v) is 6.22. The average Bonchev–Trinajstić information content (AvgIpc) is 3.12. The lowest BCUT2D eigenvalue weighted by Gasteiger charge is -2.16. The zero-order chi connectivity index (χ0) is 18.5. The van der Waals surface area contributed by atoms with Crippen LogP contribution in [0.2, 0.25) is 5.02 Å². The molecule has 0 spiro atoms. The number of aromatic nitrogens is 2. The van der Waals surface area contributed by atoms with Gasteiger partial charge in [-0.15, -0.1) is 0 Å². The largest absolute Gasteiger partial charge is 0.396 e. The number of nitrogens with one attached hydrogen (secondary N) is 2. The Bertz CT molecular complexity index is 913. The lowest BCUT2D eigenvalue weighted by atomic mass is 10.00. The highest BCUT2D eigenvalue weighted by Gasteiger charge is 2.19. The number of amides is 1. The van der Waals surface area contributed by atoms with Gasteiger partial charge in [-0.25, -0.2) is 4.39 Å². The summed E-state index contributed by atoms with van der Waals surface area (Å²) >= 11 is 5.98. The summed E-state index contributed by atoms with van der Waals surface area (Å²) in [4.78, 5) is 12.5. The third-order valence-corrected chi connectivity index (χ3v) is 4.31. The number of halogens is 2. The van der Waals surface area contributed by atoms with Gasteiger partial charge in [0.15, 0.2) is 0 Å². The smallest absolute Gasteiger partial charge is 0.255 e. The zero-order valence-electron chi connectivity index (χ0n) is 13.7. The fraction of sp³-hybridized carbons (Fsp3) is 0.158. The van der Waals surface area contributed by atoms with Gasteiger partial charge in [0.25, 0.3) is 5.91 Å². The van der Waals surface area contributed by atoms with E-state index in [1.807, 2.05) is 6.07 Å². The first kappa shape index (κ1) is 18.1. The Morgan fingerprint density at radius 1 is 1.27 bits per heavy atom. The summed E-state index contributed by atoms with van der Waals surface area (Å²) in [5, 5.41) is 19.5. The number of aliphatic hydroxyl groups is 1. The predicted molar refractivity (Wildman–Crippen MR) is 97.6 cm³/mol. The third kappa shape index (κ3) is 3.92. The quantitative estimate of drug-likeness (QED) is 0.620. The molecule has 0 aliphatic rings. The van der Waals surface area contributed by atoms with E-state index >= 15 is 0 Å². The molecule has 3 rings (SSSR count). The first-order valence-electron chi connectivity index (χ1n) is 8.03. The summed E-state index contributed by atoms with van der Waals surface area (Å²) in [7, 11) is 0. The van der Waals surface area contributed by atoms with Crippen LogP contribution in [0.25, 0.3) is 11.3 Å². The Balaban J connectivity index is 1.75. The number of aliphatic hydroxyl groups excluding tert-OH is 1. The Morgan fingerprint density at radius 3 is 2.81 bits per heavy atom. The molecule has 3 aromatic rings. The fourth-order valence-corrected chi connectivity index (χ4v) is 2.89. The molecule has 0 aliphatic carbocycles. The first-order valence-corrected chi connectivity index (χ1v) is 8.40.